The molecule has 1 aromatic heterocycles. The van der Waals surface area contributed by atoms with Gasteiger partial charge in [-0.1, -0.05) is 0 Å². The normalized spacial score (nSPS) is 19.9. The van der Waals surface area contributed by atoms with E-state index in [9.17, 15) is 4.79 Å². The molecule has 2 heterocycles. The van der Waals surface area contributed by atoms with Crippen molar-refractivity contribution < 1.29 is 9.53 Å². The van der Waals surface area contributed by atoms with E-state index in [-0.39, 0.29) is 12.0 Å². The fraction of sp³-hybridized carbons (Fsp3) is 0.636. The number of hydrogen-bond acceptors (Lipinski definition) is 4. The van der Waals surface area contributed by atoms with Gasteiger partial charge in [0.15, 0.2) is 5.13 Å². The lowest BCUT2D eigenvalue weighted by atomic mass is 10.1. The molecule has 1 aliphatic heterocycles. The van der Waals surface area contributed by atoms with Crippen molar-refractivity contribution in [3.63, 3.8) is 0 Å². The van der Waals surface area contributed by atoms with Crippen molar-refractivity contribution in [3.05, 3.63) is 11.1 Å². The summed E-state index contributed by atoms with van der Waals surface area (Å²) in [5.74, 6) is 0.0323. The van der Waals surface area contributed by atoms with Crippen LogP contribution in [0.3, 0.4) is 0 Å². The number of anilines is 1. The Balaban J connectivity index is 1.71. The van der Waals surface area contributed by atoms with Crippen LogP contribution in [-0.2, 0) is 9.53 Å². The first-order valence-corrected chi connectivity index (χ1v) is 6.45. The van der Waals surface area contributed by atoms with Crippen molar-refractivity contribution in [1.29, 1.82) is 0 Å². The predicted molar refractivity (Wildman–Crippen MR) is 63.7 cm³/mol. The number of rotatable bonds is 4. The molecule has 0 radical (unpaired) electrons. The van der Waals surface area contributed by atoms with Gasteiger partial charge in [0, 0.05) is 18.4 Å². The SMILES string of the molecule is Cc1csc(NC(=O)CC[C@H]2CCCO2)n1. The van der Waals surface area contributed by atoms with Gasteiger partial charge in [-0.15, -0.1) is 11.3 Å². The third kappa shape index (κ3) is 3.28. The lowest BCUT2D eigenvalue weighted by Crippen LogP contribution is -2.15. The summed E-state index contributed by atoms with van der Waals surface area (Å²) in [5, 5.41) is 5.42. The zero-order valence-corrected chi connectivity index (χ0v) is 10.2. The number of aromatic nitrogens is 1. The van der Waals surface area contributed by atoms with Gasteiger partial charge < -0.3 is 10.1 Å². The van der Waals surface area contributed by atoms with E-state index < -0.39 is 0 Å². The van der Waals surface area contributed by atoms with Gasteiger partial charge in [-0.2, -0.15) is 0 Å². The van der Waals surface area contributed by atoms with Gasteiger partial charge in [-0.25, -0.2) is 4.98 Å². The highest BCUT2D eigenvalue weighted by molar-refractivity contribution is 7.13. The number of carbonyl (C=O) groups is 1. The van der Waals surface area contributed by atoms with Crippen molar-refractivity contribution in [2.75, 3.05) is 11.9 Å². The number of nitrogens with zero attached hydrogens (tertiary/aromatic N) is 1. The monoisotopic (exact) mass is 240 g/mol. The number of nitrogens with one attached hydrogen (secondary N) is 1. The Kier molecular flexibility index (Phi) is 3.90. The summed E-state index contributed by atoms with van der Waals surface area (Å²) < 4.78 is 5.46. The largest absolute Gasteiger partial charge is 0.378 e. The summed E-state index contributed by atoms with van der Waals surface area (Å²) in [6, 6.07) is 0. The maximum atomic E-state index is 11.6. The highest BCUT2D eigenvalue weighted by Crippen LogP contribution is 2.18. The minimum atomic E-state index is 0.0323. The molecular formula is C11H16N2O2S. The van der Waals surface area contributed by atoms with Crippen LogP contribution in [0.15, 0.2) is 5.38 Å². The number of hydrogen-bond donors (Lipinski definition) is 1. The van der Waals surface area contributed by atoms with E-state index in [1.54, 1.807) is 0 Å². The van der Waals surface area contributed by atoms with Crippen molar-refractivity contribution in [1.82, 2.24) is 4.98 Å². The summed E-state index contributed by atoms with van der Waals surface area (Å²) in [4.78, 5) is 15.8. The van der Waals surface area contributed by atoms with Gasteiger partial charge in [0.1, 0.15) is 0 Å². The van der Waals surface area contributed by atoms with Crippen LogP contribution >= 0.6 is 11.3 Å². The minimum Gasteiger partial charge on any atom is -0.378 e. The van der Waals surface area contributed by atoms with Crippen molar-refractivity contribution in [3.8, 4) is 0 Å². The van der Waals surface area contributed by atoms with Crippen LogP contribution in [0, 0.1) is 6.92 Å². The van der Waals surface area contributed by atoms with Crippen LogP contribution in [0.4, 0.5) is 5.13 Å². The molecule has 0 unspecified atom stereocenters. The second-order valence-corrected chi connectivity index (χ2v) is 4.87. The second-order valence-electron chi connectivity index (χ2n) is 4.02. The Bertz CT molecular complexity index is 359. The molecule has 0 aliphatic carbocycles. The molecule has 1 amide bonds. The van der Waals surface area contributed by atoms with Crippen LogP contribution < -0.4 is 5.32 Å². The summed E-state index contributed by atoms with van der Waals surface area (Å²) in [7, 11) is 0. The molecule has 1 N–H and O–H groups in total. The number of thiazole rings is 1. The van der Waals surface area contributed by atoms with Crippen LogP contribution in [0.1, 0.15) is 31.4 Å². The maximum Gasteiger partial charge on any atom is 0.226 e. The van der Waals surface area contributed by atoms with Gasteiger partial charge >= 0.3 is 0 Å². The molecule has 88 valence electrons. The smallest absolute Gasteiger partial charge is 0.226 e. The zero-order chi connectivity index (χ0) is 11.4. The number of ether oxygens (including phenoxy) is 1. The summed E-state index contributed by atoms with van der Waals surface area (Å²) >= 11 is 1.46. The van der Waals surface area contributed by atoms with E-state index in [4.69, 9.17) is 4.74 Å². The maximum absolute atomic E-state index is 11.6. The molecule has 4 nitrogen and oxygen atoms in total. The summed E-state index contributed by atoms with van der Waals surface area (Å²) in [6.45, 7) is 2.76. The first-order valence-electron chi connectivity index (χ1n) is 5.57. The fourth-order valence-corrected chi connectivity index (χ4v) is 2.46. The Morgan fingerprint density at radius 2 is 2.62 bits per heavy atom. The molecular weight excluding hydrogens is 224 g/mol. The zero-order valence-electron chi connectivity index (χ0n) is 9.36. The summed E-state index contributed by atoms with van der Waals surface area (Å²) in [5.41, 5.74) is 0.944. The number of amides is 1. The Morgan fingerprint density at radius 1 is 1.75 bits per heavy atom. The van der Waals surface area contributed by atoms with Gasteiger partial charge in [0.05, 0.1) is 11.8 Å². The van der Waals surface area contributed by atoms with Gasteiger partial charge in [-0.3, -0.25) is 4.79 Å². The van der Waals surface area contributed by atoms with Gasteiger partial charge in [0.25, 0.3) is 0 Å². The predicted octanol–water partition coefficient (Wildman–Crippen LogP) is 2.35. The van der Waals surface area contributed by atoms with Gasteiger partial charge in [-0.05, 0) is 26.2 Å². The molecule has 5 heteroatoms. The van der Waals surface area contributed by atoms with Crippen LogP contribution in [0.5, 0.6) is 0 Å². The topological polar surface area (TPSA) is 51.2 Å². The Hall–Kier alpha value is -0.940. The van der Waals surface area contributed by atoms with E-state index in [2.05, 4.69) is 10.3 Å². The highest BCUT2D eigenvalue weighted by Gasteiger charge is 2.16. The average Bonchev–Trinajstić information content (AvgIpc) is 2.87. The second kappa shape index (κ2) is 5.41. The molecule has 0 bridgehead atoms. The van der Waals surface area contributed by atoms with Crippen molar-refractivity contribution in [2.24, 2.45) is 0 Å². The molecule has 0 spiro atoms. The standard InChI is InChI=1S/C11H16N2O2S/c1-8-7-16-11(12-8)13-10(14)5-4-9-3-2-6-15-9/h7,9H,2-6H2,1H3,(H,12,13,14)/t9-/m1/s1. The molecule has 1 aromatic rings. The first-order chi connectivity index (χ1) is 7.74. The molecule has 1 fully saturated rings. The third-order valence-electron chi connectivity index (χ3n) is 2.58. The fourth-order valence-electron chi connectivity index (χ4n) is 1.76. The molecule has 0 aromatic carbocycles. The molecule has 0 saturated carbocycles. The molecule has 1 aliphatic rings. The van der Waals surface area contributed by atoms with Crippen molar-refractivity contribution >= 4 is 22.4 Å². The van der Waals surface area contributed by atoms with Crippen LogP contribution in [0.25, 0.3) is 0 Å². The average molecular weight is 240 g/mol. The number of carbonyl (C=O) groups excluding carboxylic acids is 1. The van der Waals surface area contributed by atoms with E-state index >= 15 is 0 Å². The van der Waals surface area contributed by atoms with E-state index in [1.165, 1.54) is 11.3 Å². The quantitative estimate of drug-likeness (QED) is 0.879. The third-order valence-corrected chi connectivity index (χ3v) is 3.46. The van der Waals surface area contributed by atoms with E-state index in [1.807, 2.05) is 12.3 Å². The lowest BCUT2D eigenvalue weighted by Gasteiger charge is -2.07. The van der Waals surface area contributed by atoms with Crippen LogP contribution in [0.2, 0.25) is 0 Å². The Labute approximate surface area is 99.0 Å². The highest BCUT2D eigenvalue weighted by atomic mass is 32.1. The molecule has 1 atom stereocenters. The lowest BCUT2D eigenvalue weighted by molar-refractivity contribution is -0.116. The molecule has 2 rings (SSSR count). The molecule has 16 heavy (non-hydrogen) atoms. The van der Waals surface area contributed by atoms with Crippen molar-refractivity contribution in [2.45, 2.75) is 38.7 Å². The molecule has 1 saturated heterocycles. The van der Waals surface area contributed by atoms with Crippen LogP contribution in [-0.4, -0.2) is 23.6 Å². The first kappa shape index (κ1) is 11.5. The number of aryl methyl sites for hydroxylation is 1. The minimum absolute atomic E-state index is 0.0323. The van der Waals surface area contributed by atoms with Gasteiger partial charge in [0.2, 0.25) is 5.91 Å². The van der Waals surface area contributed by atoms with E-state index in [0.717, 1.165) is 31.6 Å². The van der Waals surface area contributed by atoms with E-state index in [0.29, 0.717) is 11.6 Å². The summed E-state index contributed by atoms with van der Waals surface area (Å²) in [6.07, 6.45) is 3.82. The Morgan fingerprint density at radius 3 is 3.25 bits per heavy atom.